The Hall–Kier alpha value is -4.70. The van der Waals surface area contributed by atoms with Gasteiger partial charge in [0.25, 0.3) is 11.5 Å². The van der Waals surface area contributed by atoms with E-state index in [0.717, 1.165) is 10.7 Å². The van der Waals surface area contributed by atoms with Gasteiger partial charge in [-0.15, -0.1) is 0 Å². The van der Waals surface area contributed by atoms with Crippen LogP contribution in [-0.2, 0) is 25.6 Å². The maximum atomic E-state index is 13.2. The molecule has 4 N–H and O–H groups in total. The summed E-state index contributed by atoms with van der Waals surface area (Å²) in [5.41, 5.74) is 6.23. The lowest BCUT2D eigenvalue weighted by Crippen LogP contribution is -2.44. The van der Waals surface area contributed by atoms with Gasteiger partial charge in [-0.3, -0.25) is 19.4 Å². The van der Waals surface area contributed by atoms with Crippen LogP contribution in [0.1, 0.15) is 56.6 Å². The molecule has 0 spiro atoms. The number of carbonyl (C=O) groups is 3. The number of pyridine rings is 1. The number of aromatic amines is 1. The number of esters is 2. The maximum absolute atomic E-state index is 13.2. The summed E-state index contributed by atoms with van der Waals surface area (Å²) < 4.78 is 10.8. The Balaban J connectivity index is 1.34. The van der Waals surface area contributed by atoms with Gasteiger partial charge in [0.15, 0.2) is 11.2 Å². The Kier molecular flexibility index (Phi) is 12.7. The topological polar surface area (TPSA) is 195 Å². The summed E-state index contributed by atoms with van der Waals surface area (Å²) in [5.74, 6) is -1.10. The van der Waals surface area contributed by atoms with Crippen molar-refractivity contribution in [1.82, 2.24) is 30.2 Å². The van der Waals surface area contributed by atoms with Gasteiger partial charge < -0.3 is 25.4 Å². The maximum Gasteiger partial charge on any atom is 0.329 e. The van der Waals surface area contributed by atoms with Gasteiger partial charge in [0.05, 0.1) is 18.4 Å². The van der Waals surface area contributed by atoms with Crippen LogP contribution in [0.4, 0.5) is 11.6 Å². The Labute approximate surface area is 285 Å². The highest BCUT2D eigenvalue weighted by atomic mass is 33.1. The van der Waals surface area contributed by atoms with Crippen molar-refractivity contribution < 1.29 is 23.9 Å². The lowest BCUT2D eigenvalue weighted by molar-refractivity contribution is -0.157. The number of nitrogens with two attached hydrogens (primary N) is 1. The largest absolute Gasteiger partial charge is 0.465 e. The molecule has 0 radical (unpaired) electrons. The van der Waals surface area contributed by atoms with Gasteiger partial charge >= 0.3 is 11.9 Å². The van der Waals surface area contributed by atoms with Gasteiger partial charge in [0.1, 0.15) is 23.3 Å². The van der Waals surface area contributed by atoms with E-state index in [2.05, 4.69) is 30.2 Å². The lowest BCUT2D eigenvalue weighted by Gasteiger charge is -2.25. The molecule has 0 saturated carbocycles. The van der Waals surface area contributed by atoms with E-state index >= 15 is 0 Å². The van der Waals surface area contributed by atoms with E-state index in [4.69, 9.17) is 15.2 Å². The molecule has 254 valence electrons. The quantitative estimate of drug-likeness (QED) is 0.0920. The zero-order valence-electron chi connectivity index (χ0n) is 27.1. The minimum absolute atomic E-state index is 0.00868. The molecule has 4 aromatic rings. The fourth-order valence-electron chi connectivity index (χ4n) is 4.34. The summed E-state index contributed by atoms with van der Waals surface area (Å²) >= 11 is 0. The minimum Gasteiger partial charge on any atom is -0.465 e. The van der Waals surface area contributed by atoms with Crippen LogP contribution in [0.3, 0.4) is 0 Å². The number of rotatable bonds is 15. The number of hydrogen-bond acceptors (Lipinski definition) is 14. The molecule has 0 saturated heterocycles. The van der Waals surface area contributed by atoms with Crippen molar-refractivity contribution in [1.29, 1.82) is 0 Å². The fraction of sp³-hybridized carbons (Fsp3) is 0.375. The van der Waals surface area contributed by atoms with Crippen molar-refractivity contribution in [3.8, 4) is 0 Å². The minimum atomic E-state index is -1.07. The number of fused-ring (bicyclic) bond motifs is 1. The van der Waals surface area contributed by atoms with Crippen LogP contribution in [0.25, 0.3) is 11.2 Å². The molecule has 0 aliphatic heterocycles. The van der Waals surface area contributed by atoms with E-state index in [-0.39, 0.29) is 36.6 Å². The van der Waals surface area contributed by atoms with E-state index in [1.165, 1.54) is 27.8 Å². The summed E-state index contributed by atoms with van der Waals surface area (Å²) in [4.78, 5) is 72.2. The average Bonchev–Trinajstić information content (AvgIpc) is 3.05. The molecular formula is C32H38N8O6S2. The zero-order valence-corrected chi connectivity index (χ0v) is 28.7. The first-order valence-corrected chi connectivity index (χ1v) is 17.5. The van der Waals surface area contributed by atoms with Gasteiger partial charge in [-0.2, -0.15) is 4.98 Å². The zero-order chi connectivity index (χ0) is 34.7. The summed E-state index contributed by atoms with van der Waals surface area (Å²) in [6.07, 6.45) is 3.17. The molecule has 48 heavy (non-hydrogen) atoms. The van der Waals surface area contributed by atoms with Crippen LogP contribution in [-0.4, -0.2) is 73.3 Å². The van der Waals surface area contributed by atoms with Crippen LogP contribution in [0.2, 0.25) is 0 Å². The molecule has 0 aliphatic carbocycles. The first-order valence-electron chi connectivity index (χ1n) is 15.2. The van der Waals surface area contributed by atoms with Crippen LogP contribution in [0.5, 0.6) is 0 Å². The molecular weight excluding hydrogens is 657 g/mol. The first kappa shape index (κ1) is 36.1. The number of ether oxygens (including phenoxy) is 2. The summed E-state index contributed by atoms with van der Waals surface area (Å²) in [6.45, 7) is 8.28. The monoisotopic (exact) mass is 694 g/mol. The standard InChI is InChI=1S/C32H38N8O6S2/c1-5-40(19-21-18-35-27-26(36-21)29(43)39-31(33)38-27)22-11-9-20(10-12-22)28(42)37-23(30(44)46-32(2,3)4)13-14-25(41)45-16-17-47-48-24-8-6-7-15-34-24/h6-12,15,18,23H,5,13-14,16-17,19H2,1-4H3,(H,37,42)(H3,33,35,38,39,43)/t23-/m0/s1. The molecule has 16 heteroatoms. The summed E-state index contributed by atoms with van der Waals surface area (Å²) in [5, 5.41) is 3.58. The Morgan fingerprint density at radius 2 is 1.85 bits per heavy atom. The SMILES string of the molecule is CCN(Cc1cnc2nc(N)[nH]c(=O)c2n1)c1ccc(C(=O)N[C@@H](CCC(=O)OCCSSc2ccccn2)C(=O)OC(C)(C)C)cc1. The first-order chi connectivity index (χ1) is 22.9. The third kappa shape index (κ3) is 10.9. The molecule has 4 rings (SSSR count). The van der Waals surface area contributed by atoms with Crippen LogP contribution in [0, 0.1) is 0 Å². The van der Waals surface area contributed by atoms with Gasteiger partial charge in [0.2, 0.25) is 5.95 Å². The smallest absolute Gasteiger partial charge is 0.329 e. The van der Waals surface area contributed by atoms with Crippen molar-refractivity contribution in [2.75, 3.05) is 29.5 Å². The highest BCUT2D eigenvalue weighted by Crippen LogP contribution is 2.28. The Bertz CT molecular complexity index is 1770. The normalized spacial score (nSPS) is 11.9. The van der Waals surface area contributed by atoms with Gasteiger partial charge in [0, 0.05) is 36.2 Å². The van der Waals surface area contributed by atoms with Gasteiger partial charge in [-0.25, -0.2) is 19.7 Å². The Morgan fingerprint density at radius 1 is 1.08 bits per heavy atom. The number of carbonyl (C=O) groups excluding carboxylic acids is 3. The number of amides is 1. The molecule has 1 atom stereocenters. The fourth-order valence-corrected chi connectivity index (χ4v) is 6.04. The highest BCUT2D eigenvalue weighted by Gasteiger charge is 2.28. The van der Waals surface area contributed by atoms with E-state index in [1.54, 1.807) is 51.2 Å². The summed E-state index contributed by atoms with van der Waals surface area (Å²) in [6, 6.07) is 11.4. The number of anilines is 2. The third-order valence-corrected chi connectivity index (χ3v) is 8.79. The molecule has 1 amide bonds. The van der Waals surface area contributed by atoms with E-state index in [9.17, 15) is 19.2 Å². The molecule has 0 bridgehead atoms. The van der Waals surface area contributed by atoms with E-state index in [1.807, 2.05) is 30.0 Å². The van der Waals surface area contributed by atoms with Crippen molar-refractivity contribution in [2.24, 2.45) is 0 Å². The number of nitrogens with zero attached hydrogens (tertiary/aromatic N) is 5. The van der Waals surface area contributed by atoms with E-state index < -0.39 is 35.0 Å². The average molecular weight is 695 g/mol. The molecule has 0 aliphatic rings. The van der Waals surface area contributed by atoms with Gasteiger partial charge in [-0.1, -0.05) is 16.9 Å². The van der Waals surface area contributed by atoms with Crippen LogP contribution < -0.4 is 21.5 Å². The molecule has 3 aromatic heterocycles. The Morgan fingerprint density at radius 3 is 2.54 bits per heavy atom. The molecule has 3 heterocycles. The molecule has 0 fully saturated rings. The van der Waals surface area contributed by atoms with Crippen LogP contribution >= 0.6 is 21.6 Å². The number of H-pyrrole nitrogens is 1. The van der Waals surface area contributed by atoms with E-state index in [0.29, 0.717) is 30.1 Å². The number of aromatic nitrogens is 5. The molecule has 0 unspecified atom stereocenters. The third-order valence-electron chi connectivity index (χ3n) is 6.56. The second-order valence-corrected chi connectivity index (χ2v) is 13.9. The van der Waals surface area contributed by atoms with Crippen molar-refractivity contribution in [2.45, 2.75) is 63.8 Å². The number of hydrogen-bond donors (Lipinski definition) is 3. The predicted molar refractivity (Wildman–Crippen MR) is 185 cm³/mol. The van der Waals surface area contributed by atoms with Crippen molar-refractivity contribution in [3.05, 3.63) is 76.5 Å². The molecule has 14 nitrogen and oxygen atoms in total. The second-order valence-electron chi connectivity index (χ2n) is 11.4. The number of benzene rings is 1. The molecule has 1 aromatic carbocycles. The number of nitrogen functional groups attached to an aromatic ring is 1. The second kappa shape index (κ2) is 16.9. The van der Waals surface area contributed by atoms with Crippen molar-refractivity contribution in [3.63, 3.8) is 0 Å². The highest BCUT2D eigenvalue weighted by molar-refractivity contribution is 8.76. The van der Waals surface area contributed by atoms with Crippen molar-refractivity contribution >= 4 is 62.2 Å². The van der Waals surface area contributed by atoms with Gasteiger partial charge in [-0.05, 0) is 81.3 Å². The summed E-state index contributed by atoms with van der Waals surface area (Å²) in [7, 11) is 3.00. The number of nitrogens with one attached hydrogen (secondary N) is 2. The predicted octanol–water partition coefficient (Wildman–Crippen LogP) is 3.92. The van der Waals surface area contributed by atoms with Crippen LogP contribution in [0.15, 0.2) is 64.7 Å². The lowest BCUT2D eigenvalue weighted by atomic mass is 10.1.